The van der Waals surface area contributed by atoms with E-state index in [0.29, 0.717) is 0 Å². The highest BCUT2D eigenvalue weighted by Gasteiger charge is 2.08. The Morgan fingerprint density at radius 1 is 1.54 bits per heavy atom. The molecule has 0 aromatic carbocycles. The van der Waals surface area contributed by atoms with Crippen molar-refractivity contribution < 1.29 is 8.42 Å². The summed E-state index contributed by atoms with van der Waals surface area (Å²) in [5.74, 6) is 0. The normalized spacial score (nSPS) is 12.8. The molecule has 72 valence electrons. The third-order valence-corrected chi connectivity index (χ3v) is 3.42. The van der Waals surface area contributed by atoms with Gasteiger partial charge in [-0.15, -0.1) is 11.3 Å². The van der Waals surface area contributed by atoms with Crippen LogP contribution in [-0.2, 0) is 10.2 Å². The van der Waals surface area contributed by atoms with Crippen LogP contribution in [0, 0.1) is 0 Å². The number of nitrogens with zero attached hydrogens (tertiary/aromatic N) is 2. The van der Waals surface area contributed by atoms with E-state index in [1.807, 2.05) is 11.4 Å². The minimum atomic E-state index is -3.46. The van der Waals surface area contributed by atoms with Crippen molar-refractivity contribution in [2.24, 2.45) is 4.40 Å². The highest BCUT2D eigenvalue weighted by molar-refractivity contribution is 7.87. The summed E-state index contributed by atoms with van der Waals surface area (Å²) in [5.41, 5.74) is 0. The third kappa shape index (κ3) is 2.91. The third-order valence-electron chi connectivity index (χ3n) is 1.32. The minimum absolute atomic E-state index is 0.824. The van der Waals surface area contributed by atoms with E-state index >= 15 is 0 Å². The smallest absolute Gasteiger partial charge is 0.189 e. The zero-order valence-corrected chi connectivity index (χ0v) is 8.97. The molecule has 0 saturated carbocycles. The zero-order valence-electron chi connectivity index (χ0n) is 7.34. The molecular formula is C7H10N2O2S2. The van der Waals surface area contributed by atoms with Crippen LogP contribution >= 0.6 is 11.3 Å². The molecule has 0 atom stereocenters. The highest BCUT2D eigenvalue weighted by Crippen LogP contribution is 2.06. The molecule has 1 heterocycles. The molecule has 0 fully saturated rings. The van der Waals surface area contributed by atoms with Crippen LogP contribution in [0.15, 0.2) is 21.9 Å². The number of hydrogen-bond acceptors (Lipinski definition) is 3. The van der Waals surface area contributed by atoms with Crippen LogP contribution in [-0.4, -0.2) is 33.0 Å². The summed E-state index contributed by atoms with van der Waals surface area (Å²) in [4.78, 5) is 0.824. The molecular weight excluding hydrogens is 208 g/mol. The van der Waals surface area contributed by atoms with E-state index < -0.39 is 10.2 Å². The maximum Gasteiger partial charge on any atom is 0.321 e. The molecule has 0 aliphatic carbocycles. The molecule has 0 saturated heterocycles. The molecule has 13 heavy (non-hydrogen) atoms. The van der Waals surface area contributed by atoms with Crippen molar-refractivity contribution in [3.8, 4) is 0 Å². The lowest BCUT2D eigenvalue weighted by Crippen LogP contribution is -2.19. The Morgan fingerprint density at radius 2 is 2.23 bits per heavy atom. The second-order valence-electron chi connectivity index (χ2n) is 2.51. The van der Waals surface area contributed by atoms with Crippen LogP contribution in [0.1, 0.15) is 4.88 Å². The summed E-state index contributed by atoms with van der Waals surface area (Å²) in [6.45, 7) is 0. The van der Waals surface area contributed by atoms with Gasteiger partial charge in [-0.3, -0.25) is 0 Å². The van der Waals surface area contributed by atoms with Gasteiger partial charge < -0.3 is 0 Å². The van der Waals surface area contributed by atoms with Gasteiger partial charge in [-0.05, 0) is 11.4 Å². The van der Waals surface area contributed by atoms with Crippen LogP contribution in [0.4, 0.5) is 0 Å². The number of rotatable bonds is 3. The molecule has 0 spiro atoms. The van der Waals surface area contributed by atoms with Gasteiger partial charge in [0.1, 0.15) is 0 Å². The predicted octanol–water partition coefficient (Wildman–Crippen LogP) is 0.973. The molecule has 0 aliphatic heterocycles. The molecule has 0 bridgehead atoms. The van der Waals surface area contributed by atoms with E-state index in [-0.39, 0.29) is 0 Å². The van der Waals surface area contributed by atoms with Crippen molar-refractivity contribution in [2.45, 2.75) is 0 Å². The molecule has 4 nitrogen and oxygen atoms in total. The molecule has 0 N–H and O–H groups in total. The molecule has 1 aromatic rings. The van der Waals surface area contributed by atoms with E-state index in [1.165, 1.54) is 31.6 Å². The van der Waals surface area contributed by atoms with E-state index in [4.69, 9.17) is 0 Å². The van der Waals surface area contributed by atoms with E-state index in [1.54, 1.807) is 6.07 Å². The molecule has 6 heteroatoms. The van der Waals surface area contributed by atoms with Gasteiger partial charge >= 0.3 is 10.2 Å². The largest absolute Gasteiger partial charge is 0.321 e. The van der Waals surface area contributed by atoms with Gasteiger partial charge in [-0.1, -0.05) is 6.07 Å². The first kappa shape index (κ1) is 10.4. The second kappa shape index (κ2) is 3.99. The molecule has 0 aliphatic rings. The molecule has 1 rings (SSSR count). The fraction of sp³-hybridized carbons (Fsp3) is 0.286. The highest BCUT2D eigenvalue weighted by atomic mass is 32.2. The van der Waals surface area contributed by atoms with Gasteiger partial charge in [-0.2, -0.15) is 17.1 Å². The summed E-state index contributed by atoms with van der Waals surface area (Å²) < 4.78 is 26.9. The Labute approximate surface area is 81.7 Å². The lowest BCUT2D eigenvalue weighted by atomic mass is 10.5. The monoisotopic (exact) mass is 218 g/mol. The molecule has 0 unspecified atom stereocenters. The predicted molar refractivity (Wildman–Crippen MR) is 54.5 cm³/mol. The van der Waals surface area contributed by atoms with Crippen LogP contribution in [0.25, 0.3) is 0 Å². The van der Waals surface area contributed by atoms with Gasteiger partial charge in [0, 0.05) is 19.0 Å². The lowest BCUT2D eigenvalue weighted by molar-refractivity contribution is 0.523. The van der Waals surface area contributed by atoms with Gasteiger partial charge in [0.25, 0.3) is 0 Å². The first-order chi connectivity index (χ1) is 6.02. The fourth-order valence-electron chi connectivity index (χ4n) is 0.578. The molecule has 1 aromatic heterocycles. The number of hydrogen-bond donors (Lipinski definition) is 0. The lowest BCUT2D eigenvalue weighted by Gasteiger charge is -2.04. The van der Waals surface area contributed by atoms with Crippen LogP contribution in [0.2, 0.25) is 0 Å². The molecule has 0 amide bonds. The zero-order chi connectivity index (χ0) is 9.90. The van der Waals surface area contributed by atoms with Crippen LogP contribution < -0.4 is 0 Å². The van der Waals surface area contributed by atoms with Gasteiger partial charge in [0.2, 0.25) is 0 Å². The average molecular weight is 218 g/mol. The summed E-state index contributed by atoms with van der Waals surface area (Å²) in [6, 6.07) is 3.65. The Balaban J connectivity index is 2.81. The van der Waals surface area contributed by atoms with Crippen molar-refractivity contribution in [2.75, 3.05) is 14.1 Å². The quantitative estimate of drug-likeness (QED) is 0.710. The van der Waals surface area contributed by atoms with Crippen molar-refractivity contribution in [1.82, 2.24) is 4.31 Å². The second-order valence-corrected chi connectivity index (χ2v) is 5.33. The van der Waals surface area contributed by atoms with Crippen molar-refractivity contribution in [3.63, 3.8) is 0 Å². The van der Waals surface area contributed by atoms with Crippen molar-refractivity contribution >= 4 is 27.8 Å². The summed E-state index contributed by atoms with van der Waals surface area (Å²) in [6.07, 6.45) is 1.35. The van der Waals surface area contributed by atoms with Gasteiger partial charge in [-0.25, -0.2) is 0 Å². The number of thiophene rings is 1. The maximum atomic E-state index is 11.2. The summed E-state index contributed by atoms with van der Waals surface area (Å²) in [5, 5.41) is 1.86. The summed E-state index contributed by atoms with van der Waals surface area (Å²) in [7, 11) is -0.574. The Morgan fingerprint density at radius 3 is 2.69 bits per heavy atom. The topological polar surface area (TPSA) is 49.7 Å². The van der Waals surface area contributed by atoms with Crippen molar-refractivity contribution in [3.05, 3.63) is 22.4 Å². The first-order valence-corrected chi connectivity index (χ1v) is 5.81. The minimum Gasteiger partial charge on any atom is -0.189 e. The fourth-order valence-corrected chi connectivity index (χ4v) is 1.66. The van der Waals surface area contributed by atoms with Gasteiger partial charge in [0.05, 0.1) is 6.21 Å². The van der Waals surface area contributed by atoms with E-state index in [0.717, 1.165) is 9.18 Å². The summed E-state index contributed by atoms with van der Waals surface area (Å²) >= 11 is 1.44. The van der Waals surface area contributed by atoms with E-state index in [2.05, 4.69) is 4.40 Å². The van der Waals surface area contributed by atoms with Gasteiger partial charge in [0.15, 0.2) is 0 Å². The maximum absolute atomic E-state index is 11.2. The Hall–Kier alpha value is -0.720. The first-order valence-electron chi connectivity index (χ1n) is 3.53. The van der Waals surface area contributed by atoms with Crippen LogP contribution in [0.3, 0.4) is 0 Å². The van der Waals surface area contributed by atoms with E-state index in [9.17, 15) is 8.42 Å². The van der Waals surface area contributed by atoms with Crippen molar-refractivity contribution in [1.29, 1.82) is 0 Å². The average Bonchev–Trinajstić information content (AvgIpc) is 2.52. The van der Waals surface area contributed by atoms with Crippen LogP contribution in [0.5, 0.6) is 0 Å². The Kier molecular flexibility index (Phi) is 3.18. The SMILES string of the molecule is CN(C)S(=O)(=O)/N=C/c1cccs1. The molecule has 0 radical (unpaired) electrons. The standard InChI is InChI=1S/C7H10N2O2S2/c1-9(2)13(10,11)8-6-7-4-3-5-12-7/h3-6H,1-2H3/b8-6+. The Bertz CT molecular complexity index is 379.